The second kappa shape index (κ2) is 6.56. The van der Waals surface area contributed by atoms with Crippen molar-refractivity contribution in [2.24, 2.45) is 11.3 Å². The molecule has 3 nitrogen and oxygen atoms in total. The lowest BCUT2D eigenvalue weighted by Crippen LogP contribution is -2.47. The Kier molecular flexibility index (Phi) is 4.99. The fourth-order valence-electron chi connectivity index (χ4n) is 3.14. The zero-order chi connectivity index (χ0) is 15.5. The van der Waals surface area contributed by atoms with E-state index in [9.17, 15) is 14.3 Å². The number of rotatable bonds is 6. The summed E-state index contributed by atoms with van der Waals surface area (Å²) in [6, 6.07) is 6.11. The van der Waals surface area contributed by atoms with E-state index in [1.807, 2.05) is 0 Å². The molecule has 2 rings (SSSR count). The summed E-state index contributed by atoms with van der Waals surface area (Å²) in [5, 5.41) is 12.8. The molecule has 116 valence electrons. The van der Waals surface area contributed by atoms with Gasteiger partial charge < -0.3 is 10.4 Å². The normalized spacial score (nSPS) is 18.1. The van der Waals surface area contributed by atoms with Gasteiger partial charge >= 0.3 is 0 Å². The molecule has 1 saturated carbocycles. The lowest BCUT2D eigenvalue weighted by molar-refractivity contribution is -0.137. The zero-order valence-electron chi connectivity index (χ0n) is 12.7. The van der Waals surface area contributed by atoms with Crippen LogP contribution in [0.4, 0.5) is 4.39 Å². The van der Waals surface area contributed by atoms with Crippen LogP contribution in [0.3, 0.4) is 0 Å². The molecule has 0 heterocycles. The van der Waals surface area contributed by atoms with Gasteiger partial charge in [0.1, 0.15) is 5.82 Å². The van der Waals surface area contributed by atoms with Crippen LogP contribution in [0.1, 0.15) is 51.2 Å². The first kappa shape index (κ1) is 16.0. The molecule has 2 N–H and O–H groups in total. The summed E-state index contributed by atoms with van der Waals surface area (Å²) in [5.41, 5.74) is -0.0485. The van der Waals surface area contributed by atoms with Gasteiger partial charge in [-0.3, -0.25) is 4.79 Å². The Balaban J connectivity index is 1.93. The van der Waals surface area contributed by atoms with Crippen LogP contribution in [-0.4, -0.2) is 17.6 Å². The lowest BCUT2D eigenvalue weighted by atomic mass is 9.64. The monoisotopic (exact) mass is 293 g/mol. The predicted molar refractivity (Wildman–Crippen MR) is 80.1 cm³/mol. The molecule has 0 saturated heterocycles. The minimum Gasteiger partial charge on any atom is -0.386 e. The van der Waals surface area contributed by atoms with Crippen LogP contribution < -0.4 is 5.32 Å². The number of carbonyl (C=O) groups excluding carboxylic acids is 1. The molecule has 1 aromatic carbocycles. The highest BCUT2D eigenvalue weighted by Gasteiger charge is 2.44. The molecule has 0 aliphatic heterocycles. The van der Waals surface area contributed by atoms with Crippen molar-refractivity contribution in [1.82, 2.24) is 5.32 Å². The molecular weight excluding hydrogens is 269 g/mol. The summed E-state index contributed by atoms with van der Waals surface area (Å²) in [5.74, 6) is 0.0187. The number of amides is 1. The maximum absolute atomic E-state index is 13.6. The van der Waals surface area contributed by atoms with Gasteiger partial charge in [-0.15, -0.1) is 0 Å². The number of aliphatic hydroxyl groups is 1. The third-order valence-electron chi connectivity index (χ3n) is 4.31. The second-order valence-corrected chi connectivity index (χ2v) is 6.48. The largest absolute Gasteiger partial charge is 0.386 e. The van der Waals surface area contributed by atoms with Crippen molar-refractivity contribution in [2.45, 2.75) is 45.6 Å². The van der Waals surface area contributed by atoms with E-state index in [1.54, 1.807) is 18.2 Å². The molecule has 0 bridgehead atoms. The van der Waals surface area contributed by atoms with Crippen LogP contribution in [0, 0.1) is 17.2 Å². The molecule has 1 aliphatic carbocycles. The van der Waals surface area contributed by atoms with Crippen molar-refractivity contribution in [3.05, 3.63) is 35.6 Å². The Morgan fingerprint density at radius 2 is 2.05 bits per heavy atom. The molecule has 0 radical (unpaired) electrons. The number of aliphatic hydroxyl groups excluding tert-OH is 1. The highest BCUT2D eigenvalue weighted by atomic mass is 19.1. The minimum atomic E-state index is -1.01. The number of hydrogen-bond donors (Lipinski definition) is 2. The number of hydrogen-bond acceptors (Lipinski definition) is 2. The lowest BCUT2D eigenvalue weighted by Gasteiger charge is -2.41. The fourth-order valence-corrected chi connectivity index (χ4v) is 3.14. The van der Waals surface area contributed by atoms with Crippen molar-refractivity contribution in [2.75, 3.05) is 6.54 Å². The summed E-state index contributed by atoms with van der Waals surface area (Å²) >= 11 is 0. The molecule has 1 amide bonds. The molecule has 1 atom stereocenters. The van der Waals surface area contributed by atoms with Crippen molar-refractivity contribution < 1.29 is 14.3 Å². The molecule has 0 aromatic heterocycles. The second-order valence-electron chi connectivity index (χ2n) is 6.48. The van der Waals surface area contributed by atoms with Gasteiger partial charge in [-0.05, 0) is 31.2 Å². The molecule has 4 heteroatoms. The first-order valence-electron chi connectivity index (χ1n) is 7.65. The van der Waals surface area contributed by atoms with Gasteiger partial charge in [0.25, 0.3) is 0 Å². The molecule has 1 fully saturated rings. The quantitative estimate of drug-likeness (QED) is 0.846. The smallest absolute Gasteiger partial charge is 0.226 e. The van der Waals surface area contributed by atoms with E-state index in [-0.39, 0.29) is 23.4 Å². The summed E-state index contributed by atoms with van der Waals surface area (Å²) in [6.45, 7) is 4.28. The average molecular weight is 293 g/mol. The summed E-state index contributed by atoms with van der Waals surface area (Å²) < 4.78 is 13.6. The van der Waals surface area contributed by atoms with Gasteiger partial charge in [0.05, 0.1) is 6.10 Å². The Hall–Kier alpha value is -1.42. The van der Waals surface area contributed by atoms with E-state index >= 15 is 0 Å². The zero-order valence-corrected chi connectivity index (χ0v) is 12.7. The number of halogens is 1. The Morgan fingerprint density at radius 1 is 1.38 bits per heavy atom. The topological polar surface area (TPSA) is 49.3 Å². The number of nitrogens with one attached hydrogen (secondary N) is 1. The van der Waals surface area contributed by atoms with Gasteiger partial charge in [-0.25, -0.2) is 4.39 Å². The van der Waals surface area contributed by atoms with Gasteiger partial charge in [-0.1, -0.05) is 38.5 Å². The van der Waals surface area contributed by atoms with E-state index in [0.29, 0.717) is 5.92 Å². The van der Waals surface area contributed by atoms with Crippen molar-refractivity contribution in [3.63, 3.8) is 0 Å². The van der Waals surface area contributed by atoms with Gasteiger partial charge in [-0.2, -0.15) is 0 Å². The van der Waals surface area contributed by atoms with Crippen LogP contribution in [0.2, 0.25) is 0 Å². The highest BCUT2D eigenvalue weighted by molar-refractivity contribution is 5.83. The third kappa shape index (κ3) is 3.62. The van der Waals surface area contributed by atoms with Gasteiger partial charge in [0.15, 0.2) is 0 Å². The molecule has 1 aliphatic rings. The van der Waals surface area contributed by atoms with Crippen LogP contribution in [-0.2, 0) is 4.79 Å². The maximum Gasteiger partial charge on any atom is 0.226 e. The first-order chi connectivity index (χ1) is 9.94. The van der Waals surface area contributed by atoms with Gasteiger partial charge in [0, 0.05) is 17.5 Å². The van der Waals surface area contributed by atoms with Crippen molar-refractivity contribution in [1.29, 1.82) is 0 Å². The van der Waals surface area contributed by atoms with E-state index in [0.717, 1.165) is 25.7 Å². The fraction of sp³-hybridized carbons (Fsp3) is 0.588. The Morgan fingerprint density at radius 3 is 2.57 bits per heavy atom. The predicted octanol–water partition coefficient (Wildman–Crippen LogP) is 3.19. The minimum absolute atomic E-state index is 0.00200. The highest BCUT2D eigenvalue weighted by Crippen LogP contribution is 2.46. The summed E-state index contributed by atoms with van der Waals surface area (Å²) in [4.78, 5) is 12.4. The van der Waals surface area contributed by atoms with E-state index in [1.165, 1.54) is 6.07 Å². The Bertz CT molecular complexity index is 497. The van der Waals surface area contributed by atoms with Crippen molar-refractivity contribution in [3.8, 4) is 0 Å². The maximum atomic E-state index is 13.6. The van der Waals surface area contributed by atoms with Crippen LogP contribution in [0.25, 0.3) is 0 Å². The standard InChI is InChI=1S/C17H24FNO2/c1-12(2)10-17(8-5-9-17)16(21)19-11-15(20)13-6-3-4-7-14(13)18/h3-4,6-7,12,15,20H,5,8-11H2,1-2H3,(H,19,21). The first-order valence-corrected chi connectivity index (χ1v) is 7.65. The average Bonchev–Trinajstić information content (AvgIpc) is 2.40. The van der Waals surface area contributed by atoms with Crippen LogP contribution in [0.5, 0.6) is 0 Å². The molecule has 1 unspecified atom stereocenters. The SMILES string of the molecule is CC(C)CC1(C(=O)NCC(O)c2ccccc2F)CCC1. The van der Waals surface area contributed by atoms with Gasteiger partial charge in [0.2, 0.25) is 5.91 Å². The van der Waals surface area contributed by atoms with Crippen molar-refractivity contribution >= 4 is 5.91 Å². The molecule has 21 heavy (non-hydrogen) atoms. The van der Waals surface area contributed by atoms with E-state index < -0.39 is 11.9 Å². The van der Waals surface area contributed by atoms with Crippen LogP contribution in [0.15, 0.2) is 24.3 Å². The Labute approximate surface area is 125 Å². The van der Waals surface area contributed by atoms with E-state index in [2.05, 4.69) is 19.2 Å². The van der Waals surface area contributed by atoms with E-state index in [4.69, 9.17) is 0 Å². The summed E-state index contributed by atoms with van der Waals surface area (Å²) in [6.07, 6.45) is 2.76. The number of carbonyl (C=O) groups is 1. The molecular formula is C17H24FNO2. The molecule has 1 aromatic rings. The van der Waals surface area contributed by atoms with Crippen LogP contribution >= 0.6 is 0 Å². The molecule has 0 spiro atoms. The summed E-state index contributed by atoms with van der Waals surface area (Å²) in [7, 11) is 0. The number of benzene rings is 1. The third-order valence-corrected chi connectivity index (χ3v) is 4.31.